The van der Waals surface area contributed by atoms with Crippen molar-refractivity contribution in [3.8, 4) is 0 Å². The number of nitrogens with one attached hydrogen (secondary N) is 3. The van der Waals surface area contributed by atoms with Gasteiger partial charge in [-0.15, -0.1) is 0 Å². The van der Waals surface area contributed by atoms with Crippen molar-refractivity contribution in [3.05, 3.63) is 75.8 Å². The van der Waals surface area contributed by atoms with Gasteiger partial charge in [-0.2, -0.15) is 0 Å². The first-order chi connectivity index (χ1) is 13.3. The van der Waals surface area contributed by atoms with Gasteiger partial charge in [-0.05, 0) is 36.8 Å². The van der Waals surface area contributed by atoms with Gasteiger partial charge >= 0.3 is 6.03 Å². The molecule has 0 bridgehead atoms. The van der Waals surface area contributed by atoms with Gasteiger partial charge in [0.2, 0.25) is 5.91 Å². The molecule has 1 unspecified atom stereocenters. The fourth-order valence-corrected chi connectivity index (χ4v) is 2.80. The van der Waals surface area contributed by atoms with Crippen LogP contribution in [0.2, 0.25) is 0 Å². The van der Waals surface area contributed by atoms with Gasteiger partial charge in [0.1, 0.15) is 5.54 Å². The molecule has 28 heavy (non-hydrogen) atoms. The zero-order valence-corrected chi connectivity index (χ0v) is 14.8. The summed E-state index contributed by atoms with van der Waals surface area (Å²) in [5, 5.41) is 18.4. The molecule has 2 aromatic rings. The Hall–Kier alpha value is -4.01. The van der Waals surface area contributed by atoms with Crippen LogP contribution in [0.15, 0.2) is 54.6 Å². The van der Waals surface area contributed by atoms with E-state index in [0.29, 0.717) is 16.8 Å². The molecule has 0 aliphatic carbocycles. The second kappa shape index (κ2) is 7.31. The first kappa shape index (κ1) is 18.8. The molecular weight excluding hydrogens is 364 g/mol. The van der Waals surface area contributed by atoms with Gasteiger partial charge in [0.05, 0.1) is 10.5 Å². The highest BCUT2D eigenvalue weighted by atomic mass is 16.6. The molecule has 9 heteroatoms. The van der Waals surface area contributed by atoms with Crippen LogP contribution in [-0.2, 0) is 15.1 Å². The number of nitrogens with zero attached hydrogens (tertiary/aromatic N) is 1. The Balaban J connectivity index is 1.76. The van der Waals surface area contributed by atoms with Crippen molar-refractivity contribution in [1.29, 1.82) is 0 Å². The van der Waals surface area contributed by atoms with Crippen molar-refractivity contribution >= 4 is 35.3 Å². The molecule has 1 atom stereocenters. The minimum atomic E-state index is -1.24. The lowest BCUT2D eigenvalue weighted by Crippen LogP contribution is -2.40. The molecular formula is C19H16N4O5. The maximum absolute atomic E-state index is 12.2. The first-order valence-electron chi connectivity index (χ1n) is 8.26. The van der Waals surface area contributed by atoms with Crippen LogP contribution in [-0.4, -0.2) is 22.8 Å². The van der Waals surface area contributed by atoms with Gasteiger partial charge in [0, 0.05) is 17.8 Å². The number of nitro benzene ring substituents is 1. The van der Waals surface area contributed by atoms with E-state index in [4.69, 9.17) is 0 Å². The van der Waals surface area contributed by atoms with E-state index in [2.05, 4.69) is 16.0 Å². The van der Waals surface area contributed by atoms with E-state index in [-0.39, 0.29) is 5.69 Å². The number of amides is 4. The Morgan fingerprint density at radius 2 is 1.93 bits per heavy atom. The SMILES string of the molecule is CC1(c2cccc(NC(=O)/C=C/c3ccccc3[N+](=O)[O-])c2)NC(=O)NC1=O. The summed E-state index contributed by atoms with van der Waals surface area (Å²) in [6, 6.07) is 12.0. The minimum Gasteiger partial charge on any atom is -0.323 e. The summed E-state index contributed by atoms with van der Waals surface area (Å²) in [5.41, 5.74) is -0.141. The average Bonchev–Trinajstić information content (AvgIpc) is 2.93. The summed E-state index contributed by atoms with van der Waals surface area (Å²) in [6.07, 6.45) is 2.53. The smallest absolute Gasteiger partial charge is 0.322 e. The van der Waals surface area contributed by atoms with Crippen molar-refractivity contribution in [1.82, 2.24) is 10.6 Å². The Morgan fingerprint density at radius 3 is 2.61 bits per heavy atom. The quantitative estimate of drug-likeness (QED) is 0.317. The fraction of sp³-hybridized carbons (Fsp3) is 0.105. The van der Waals surface area contributed by atoms with Crippen LogP contribution >= 0.6 is 0 Å². The standard InChI is InChI=1S/C19H16N4O5/c1-19(17(25)21-18(26)22-19)13-6-4-7-14(11-13)20-16(24)10-9-12-5-2-3-8-15(12)23(27)28/h2-11H,1H3,(H,20,24)(H2,21,22,25,26)/b10-9+. The number of hydrogen-bond donors (Lipinski definition) is 3. The number of carbonyl (C=O) groups excluding carboxylic acids is 3. The molecule has 1 saturated heterocycles. The van der Waals surface area contributed by atoms with Crippen molar-refractivity contribution in [2.75, 3.05) is 5.32 Å². The first-order valence-corrected chi connectivity index (χ1v) is 8.26. The minimum absolute atomic E-state index is 0.107. The molecule has 0 radical (unpaired) electrons. The molecule has 0 aromatic heterocycles. The number of carbonyl (C=O) groups is 3. The number of hydrogen-bond acceptors (Lipinski definition) is 5. The van der Waals surface area contributed by atoms with Crippen LogP contribution in [0.25, 0.3) is 6.08 Å². The molecule has 2 aromatic carbocycles. The highest BCUT2D eigenvalue weighted by molar-refractivity contribution is 6.07. The number of anilines is 1. The highest BCUT2D eigenvalue weighted by Crippen LogP contribution is 2.26. The predicted octanol–water partition coefficient (Wildman–Crippen LogP) is 2.30. The Labute approximate surface area is 159 Å². The molecule has 1 heterocycles. The maximum Gasteiger partial charge on any atom is 0.322 e. The van der Waals surface area contributed by atoms with Crippen molar-refractivity contribution in [2.24, 2.45) is 0 Å². The van der Waals surface area contributed by atoms with Gasteiger partial charge in [0.25, 0.3) is 11.6 Å². The molecule has 0 spiro atoms. The largest absolute Gasteiger partial charge is 0.323 e. The van der Waals surface area contributed by atoms with Gasteiger partial charge in [0.15, 0.2) is 0 Å². The molecule has 1 fully saturated rings. The van der Waals surface area contributed by atoms with Crippen molar-refractivity contribution < 1.29 is 19.3 Å². The monoisotopic (exact) mass is 380 g/mol. The molecule has 142 valence electrons. The summed E-state index contributed by atoms with van der Waals surface area (Å²) in [7, 11) is 0. The van der Waals surface area contributed by atoms with Gasteiger partial charge in [-0.1, -0.05) is 24.3 Å². The van der Waals surface area contributed by atoms with E-state index in [1.54, 1.807) is 43.3 Å². The van der Waals surface area contributed by atoms with Crippen molar-refractivity contribution in [2.45, 2.75) is 12.5 Å². The molecule has 9 nitrogen and oxygen atoms in total. The van der Waals surface area contributed by atoms with E-state index in [9.17, 15) is 24.5 Å². The summed E-state index contributed by atoms with van der Waals surface area (Å²) in [6.45, 7) is 1.56. The second-order valence-corrected chi connectivity index (χ2v) is 6.25. The second-order valence-electron chi connectivity index (χ2n) is 6.25. The lowest BCUT2D eigenvalue weighted by atomic mass is 9.92. The number of nitro groups is 1. The lowest BCUT2D eigenvalue weighted by molar-refractivity contribution is -0.385. The van der Waals surface area contributed by atoms with E-state index >= 15 is 0 Å². The van der Waals surface area contributed by atoms with Gasteiger partial charge in [-0.3, -0.25) is 25.0 Å². The van der Waals surface area contributed by atoms with E-state index < -0.39 is 28.3 Å². The van der Waals surface area contributed by atoms with Crippen LogP contribution in [0.5, 0.6) is 0 Å². The third-order valence-corrected chi connectivity index (χ3v) is 4.30. The number of benzene rings is 2. The third-order valence-electron chi connectivity index (χ3n) is 4.30. The van der Waals surface area contributed by atoms with E-state index in [1.807, 2.05) is 0 Å². The Bertz CT molecular complexity index is 1020. The van der Waals surface area contributed by atoms with Crippen LogP contribution in [0.3, 0.4) is 0 Å². The van der Waals surface area contributed by atoms with Crippen LogP contribution in [0.4, 0.5) is 16.2 Å². The molecule has 3 N–H and O–H groups in total. The molecule has 4 amide bonds. The van der Waals surface area contributed by atoms with Gasteiger partial charge in [-0.25, -0.2) is 4.79 Å². The van der Waals surface area contributed by atoms with E-state index in [1.165, 1.54) is 24.3 Å². The predicted molar refractivity (Wildman–Crippen MR) is 101 cm³/mol. The highest BCUT2D eigenvalue weighted by Gasteiger charge is 2.43. The molecule has 3 rings (SSSR count). The van der Waals surface area contributed by atoms with E-state index in [0.717, 1.165) is 0 Å². The van der Waals surface area contributed by atoms with Crippen LogP contribution in [0.1, 0.15) is 18.1 Å². The normalized spacial score (nSPS) is 18.6. The third kappa shape index (κ3) is 3.73. The van der Waals surface area contributed by atoms with Crippen LogP contribution < -0.4 is 16.0 Å². The average molecular weight is 380 g/mol. The summed E-state index contributed by atoms with van der Waals surface area (Å²) < 4.78 is 0. The number of urea groups is 1. The summed E-state index contributed by atoms with van der Waals surface area (Å²) in [4.78, 5) is 46.1. The lowest BCUT2D eigenvalue weighted by Gasteiger charge is -2.21. The fourth-order valence-electron chi connectivity index (χ4n) is 2.80. The summed E-state index contributed by atoms with van der Waals surface area (Å²) >= 11 is 0. The maximum atomic E-state index is 12.2. The van der Waals surface area contributed by atoms with Crippen molar-refractivity contribution in [3.63, 3.8) is 0 Å². The zero-order chi connectivity index (χ0) is 20.3. The number of imide groups is 1. The topological polar surface area (TPSA) is 130 Å². The number of para-hydroxylation sites is 1. The Kier molecular flexibility index (Phi) is 4.90. The molecule has 1 aliphatic heterocycles. The van der Waals surface area contributed by atoms with Gasteiger partial charge < -0.3 is 10.6 Å². The number of rotatable bonds is 5. The summed E-state index contributed by atoms with van der Waals surface area (Å²) in [5.74, 6) is -0.988. The molecule has 0 saturated carbocycles. The Morgan fingerprint density at radius 1 is 1.18 bits per heavy atom. The zero-order valence-electron chi connectivity index (χ0n) is 14.8. The molecule has 1 aliphatic rings. The van der Waals surface area contributed by atoms with Crippen LogP contribution in [0, 0.1) is 10.1 Å².